The second-order valence-corrected chi connectivity index (χ2v) is 6.25. The molecule has 1 aromatic rings. The number of amides is 2. The number of hydrogen-bond acceptors (Lipinski definition) is 3. The van der Waals surface area contributed by atoms with E-state index >= 15 is 0 Å². The second kappa shape index (κ2) is 5.37. The molecule has 7 heteroatoms. The maximum atomic E-state index is 11.6. The maximum absolute atomic E-state index is 11.6. The van der Waals surface area contributed by atoms with Crippen molar-refractivity contribution in [2.75, 3.05) is 26.2 Å². The van der Waals surface area contributed by atoms with Gasteiger partial charge in [-0.05, 0) is 22.4 Å². The summed E-state index contributed by atoms with van der Waals surface area (Å²) in [5, 5.41) is 7.45. The second-order valence-electron chi connectivity index (χ2n) is 5.45. The minimum Gasteiger partial charge on any atom is -0.336 e. The lowest BCUT2D eigenvalue weighted by Gasteiger charge is -2.36. The van der Waals surface area contributed by atoms with Gasteiger partial charge in [-0.15, -0.1) is 0 Å². The maximum Gasteiger partial charge on any atom is 0.317 e. The highest BCUT2D eigenvalue weighted by atomic mass is 79.9. The predicted molar refractivity (Wildman–Crippen MR) is 79.5 cm³/mol. The lowest BCUT2D eigenvalue weighted by atomic mass is 10.2. The van der Waals surface area contributed by atoms with E-state index in [1.807, 2.05) is 16.6 Å². The average Bonchev–Trinajstić information content (AvgIpc) is 2.94. The van der Waals surface area contributed by atoms with Gasteiger partial charge >= 0.3 is 6.03 Å². The fraction of sp³-hybridized carbons (Fsp3) is 0.692. The SMILES string of the molecule is CCc1nn(C)c(CN2CCN3C(=O)NCC3C2)c1Br. The summed E-state index contributed by atoms with van der Waals surface area (Å²) in [5.74, 6) is 0. The molecule has 3 heterocycles. The monoisotopic (exact) mass is 341 g/mol. The molecule has 0 spiro atoms. The number of halogens is 1. The van der Waals surface area contributed by atoms with Crippen molar-refractivity contribution in [3.63, 3.8) is 0 Å². The fourth-order valence-electron chi connectivity index (χ4n) is 3.02. The van der Waals surface area contributed by atoms with Crippen LogP contribution in [0.5, 0.6) is 0 Å². The van der Waals surface area contributed by atoms with Crippen LogP contribution in [0.3, 0.4) is 0 Å². The van der Waals surface area contributed by atoms with Crippen LogP contribution in [0.15, 0.2) is 4.47 Å². The first-order valence-electron chi connectivity index (χ1n) is 7.07. The van der Waals surface area contributed by atoms with Gasteiger partial charge in [-0.25, -0.2) is 4.79 Å². The van der Waals surface area contributed by atoms with Gasteiger partial charge in [-0.3, -0.25) is 9.58 Å². The number of carbonyl (C=O) groups excluding carboxylic acids is 1. The first kappa shape index (κ1) is 13.9. The van der Waals surface area contributed by atoms with Crippen molar-refractivity contribution in [3.8, 4) is 0 Å². The molecule has 1 aromatic heterocycles. The lowest BCUT2D eigenvalue weighted by molar-refractivity contribution is 0.114. The number of hydrogen-bond donors (Lipinski definition) is 1. The standard InChI is InChI=1S/C13H20BrN5O/c1-3-10-12(14)11(17(2)16-10)8-18-4-5-19-9(7-18)6-15-13(19)20/h9H,3-8H2,1-2H3,(H,15,20). The van der Waals surface area contributed by atoms with E-state index in [1.165, 1.54) is 5.69 Å². The first-order chi connectivity index (χ1) is 9.60. The number of aromatic nitrogens is 2. The number of piperazine rings is 1. The Morgan fingerprint density at radius 2 is 2.25 bits per heavy atom. The van der Waals surface area contributed by atoms with Gasteiger partial charge in [-0.2, -0.15) is 5.10 Å². The Labute approximate surface area is 127 Å². The minimum atomic E-state index is 0.0876. The quantitative estimate of drug-likeness (QED) is 0.890. The van der Waals surface area contributed by atoms with Crippen molar-refractivity contribution < 1.29 is 4.79 Å². The molecule has 2 amide bonds. The zero-order valence-corrected chi connectivity index (χ0v) is 13.5. The Balaban J connectivity index is 1.70. The van der Waals surface area contributed by atoms with Crippen LogP contribution >= 0.6 is 15.9 Å². The average molecular weight is 342 g/mol. The van der Waals surface area contributed by atoms with E-state index in [2.05, 4.69) is 38.2 Å². The molecule has 3 rings (SSSR count). The van der Waals surface area contributed by atoms with Crippen molar-refractivity contribution in [1.82, 2.24) is 24.9 Å². The molecular weight excluding hydrogens is 322 g/mol. The van der Waals surface area contributed by atoms with Gasteiger partial charge in [0.05, 0.1) is 21.9 Å². The fourth-order valence-corrected chi connectivity index (χ4v) is 3.76. The number of aryl methyl sites for hydroxylation is 2. The van der Waals surface area contributed by atoms with Crippen molar-refractivity contribution >= 4 is 22.0 Å². The molecule has 2 fully saturated rings. The summed E-state index contributed by atoms with van der Waals surface area (Å²) in [7, 11) is 2.00. The summed E-state index contributed by atoms with van der Waals surface area (Å²) in [6.45, 7) is 6.42. The molecule has 110 valence electrons. The van der Waals surface area contributed by atoms with E-state index in [-0.39, 0.29) is 6.03 Å². The van der Waals surface area contributed by atoms with Gasteiger partial charge in [0.15, 0.2) is 0 Å². The Hall–Kier alpha value is -1.08. The summed E-state index contributed by atoms with van der Waals surface area (Å²) >= 11 is 3.67. The van der Waals surface area contributed by atoms with E-state index in [0.717, 1.165) is 49.3 Å². The Kier molecular flexibility index (Phi) is 3.72. The third-order valence-electron chi connectivity index (χ3n) is 4.19. The third-order valence-corrected chi connectivity index (χ3v) is 5.11. The number of rotatable bonds is 3. The zero-order valence-electron chi connectivity index (χ0n) is 11.9. The lowest BCUT2D eigenvalue weighted by Crippen LogP contribution is -2.51. The number of nitrogens with one attached hydrogen (secondary N) is 1. The highest BCUT2D eigenvalue weighted by Gasteiger charge is 2.35. The van der Waals surface area contributed by atoms with Gasteiger partial charge in [0, 0.05) is 39.8 Å². The van der Waals surface area contributed by atoms with Gasteiger partial charge < -0.3 is 10.2 Å². The van der Waals surface area contributed by atoms with Crippen LogP contribution in [0.25, 0.3) is 0 Å². The van der Waals surface area contributed by atoms with Crippen LogP contribution in [-0.4, -0.2) is 57.8 Å². The smallest absolute Gasteiger partial charge is 0.317 e. The molecule has 1 unspecified atom stereocenters. The molecule has 0 aliphatic carbocycles. The summed E-state index contributed by atoms with van der Waals surface area (Å²) in [4.78, 5) is 16.0. The predicted octanol–water partition coefficient (Wildman–Crippen LogP) is 0.954. The van der Waals surface area contributed by atoms with E-state index in [1.54, 1.807) is 0 Å². The van der Waals surface area contributed by atoms with Crippen LogP contribution < -0.4 is 5.32 Å². The van der Waals surface area contributed by atoms with Crippen molar-refractivity contribution in [2.45, 2.75) is 25.9 Å². The molecule has 1 atom stereocenters. The van der Waals surface area contributed by atoms with Gasteiger partial charge in [0.2, 0.25) is 0 Å². The normalized spacial score (nSPS) is 23.1. The van der Waals surface area contributed by atoms with Gasteiger partial charge in [-0.1, -0.05) is 6.92 Å². The van der Waals surface area contributed by atoms with E-state index in [0.29, 0.717) is 6.04 Å². The molecule has 2 aliphatic rings. The Morgan fingerprint density at radius 1 is 1.45 bits per heavy atom. The molecule has 0 bridgehead atoms. The molecule has 6 nitrogen and oxygen atoms in total. The highest BCUT2D eigenvalue weighted by molar-refractivity contribution is 9.10. The van der Waals surface area contributed by atoms with E-state index < -0.39 is 0 Å². The highest BCUT2D eigenvalue weighted by Crippen LogP contribution is 2.24. The molecule has 20 heavy (non-hydrogen) atoms. The molecule has 2 aliphatic heterocycles. The Bertz CT molecular complexity index is 529. The van der Waals surface area contributed by atoms with Crippen molar-refractivity contribution in [3.05, 3.63) is 15.9 Å². The summed E-state index contributed by atoms with van der Waals surface area (Å²) in [6, 6.07) is 0.401. The molecule has 0 radical (unpaired) electrons. The molecule has 0 aromatic carbocycles. The van der Waals surface area contributed by atoms with Crippen molar-refractivity contribution in [2.24, 2.45) is 7.05 Å². The zero-order chi connectivity index (χ0) is 14.3. The van der Waals surface area contributed by atoms with Crippen LogP contribution in [0.4, 0.5) is 4.79 Å². The topological polar surface area (TPSA) is 53.4 Å². The number of urea groups is 1. The Morgan fingerprint density at radius 3 is 2.95 bits per heavy atom. The number of nitrogens with zero attached hydrogens (tertiary/aromatic N) is 4. The first-order valence-corrected chi connectivity index (χ1v) is 7.86. The van der Waals surface area contributed by atoms with Crippen molar-refractivity contribution in [1.29, 1.82) is 0 Å². The van der Waals surface area contributed by atoms with E-state index in [9.17, 15) is 4.79 Å². The van der Waals surface area contributed by atoms with Crippen LogP contribution in [0.1, 0.15) is 18.3 Å². The summed E-state index contributed by atoms with van der Waals surface area (Å²) in [5.41, 5.74) is 2.33. The molecular formula is C13H20BrN5O. The van der Waals surface area contributed by atoms with E-state index in [4.69, 9.17) is 0 Å². The largest absolute Gasteiger partial charge is 0.336 e. The van der Waals surface area contributed by atoms with Crippen LogP contribution in [0, 0.1) is 0 Å². The van der Waals surface area contributed by atoms with Gasteiger partial charge in [0.1, 0.15) is 0 Å². The summed E-state index contributed by atoms with van der Waals surface area (Å²) in [6.07, 6.45) is 0.934. The minimum absolute atomic E-state index is 0.0876. The molecule has 0 saturated carbocycles. The van der Waals surface area contributed by atoms with Crippen LogP contribution in [0.2, 0.25) is 0 Å². The van der Waals surface area contributed by atoms with Crippen LogP contribution in [-0.2, 0) is 20.0 Å². The molecule has 1 N–H and O–H groups in total. The molecule has 2 saturated heterocycles. The summed E-state index contributed by atoms with van der Waals surface area (Å²) < 4.78 is 3.10. The number of fused-ring (bicyclic) bond motifs is 1. The van der Waals surface area contributed by atoms with Gasteiger partial charge in [0.25, 0.3) is 0 Å². The number of carbonyl (C=O) groups is 1. The third kappa shape index (κ3) is 2.33.